The summed E-state index contributed by atoms with van der Waals surface area (Å²) in [5.41, 5.74) is 1.03. The molecule has 4 nitrogen and oxygen atoms in total. The largest absolute Gasteiger partial charge is 0.492 e. The fourth-order valence-electron chi connectivity index (χ4n) is 1.35. The highest BCUT2D eigenvalue weighted by molar-refractivity contribution is 5.67. The highest BCUT2D eigenvalue weighted by atomic mass is 19.4. The Kier molecular flexibility index (Phi) is 5.66. The van der Waals surface area contributed by atoms with Gasteiger partial charge in [-0.05, 0) is 24.6 Å². The monoisotopic (exact) mass is 291 g/mol. The average Bonchev–Trinajstić information content (AvgIpc) is 2.35. The van der Waals surface area contributed by atoms with Crippen LogP contribution in [-0.4, -0.2) is 44.0 Å². The summed E-state index contributed by atoms with van der Waals surface area (Å²) in [5, 5.41) is 0. The lowest BCUT2D eigenvalue weighted by atomic mass is 10.2. The molecule has 7 heteroatoms. The molecule has 1 rings (SSSR count). The van der Waals surface area contributed by atoms with Crippen LogP contribution >= 0.6 is 0 Å². The van der Waals surface area contributed by atoms with Gasteiger partial charge in [0.1, 0.15) is 12.4 Å². The van der Waals surface area contributed by atoms with Gasteiger partial charge >= 0.3 is 12.3 Å². The van der Waals surface area contributed by atoms with E-state index in [2.05, 4.69) is 4.74 Å². The van der Waals surface area contributed by atoms with Crippen LogP contribution in [0.4, 0.5) is 18.0 Å². The van der Waals surface area contributed by atoms with E-state index < -0.39 is 18.9 Å². The summed E-state index contributed by atoms with van der Waals surface area (Å²) in [7, 11) is 1.35. The van der Waals surface area contributed by atoms with Gasteiger partial charge < -0.3 is 14.4 Å². The molecule has 0 radical (unpaired) electrons. The lowest BCUT2D eigenvalue weighted by Gasteiger charge is -2.18. The summed E-state index contributed by atoms with van der Waals surface area (Å²) in [6, 6.07) is 7.32. The van der Waals surface area contributed by atoms with Crippen LogP contribution in [0.2, 0.25) is 0 Å². The maximum absolute atomic E-state index is 11.9. The molecule has 0 unspecified atom stereocenters. The van der Waals surface area contributed by atoms with Gasteiger partial charge in [-0.15, -0.1) is 0 Å². The number of carbonyl (C=O) groups excluding carboxylic acids is 1. The lowest BCUT2D eigenvalue weighted by Crippen LogP contribution is -2.33. The van der Waals surface area contributed by atoms with Crippen LogP contribution in [0.5, 0.6) is 5.75 Å². The summed E-state index contributed by atoms with van der Waals surface area (Å²) in [5.74, 6) is 0.641. The highest BCUT2D eigenvalue weighted by Gasteiger charge is 2.30. The first-order valence-corrected chi connectivity index (χ1v) is 5.92. The topological polar surface area (TPSA) is 38.8 Å². The minimum Gasteiger partial charge on any atom is -0.492 e. The number of benzene rings is 1. The van der Waals surface area contributed by atoms with Gasteiger partial charge in [-0.3, -0.25) is 0 Å². The minimum atomic E-state index is -4.52. The average molecular weight is 291 g/mol. The number of carbonyl (C=O) groups is 1. The molecule has 0 aliphatic carbocycles. The van der Waals surface area contributed by atoms with E-state index in [9.17, 15) is 18.0 Å². The maximum Gasteiger partial charge on any atom is 0.422 e. The molecule has 0 saturated carbocycles. The zero-order chi connectivity index (χ0) is 15.2. The van der Waals surface area contributed by atoms with Crippen LogP contribution in [0, 0.1) is 6.92 Å². The van der Waals surface area contributed by atoms with Gasteiger partial charge in [-0.1, -0.05) is 12.1 Å². The Labute approximate surface area is 115 Å². The predicted molar refractivity (Wildman–Crippen MR) is 66.7 cm³/mol. The number of rotatable bonds is 5. The number of likely N-dealkylation sites (N-methyl/N-ethyl adjacent to an activating group) is 1. The second-order valence-corrected chi connectivity index (χ2v) is 4.26. The van der Waals surface area contributed by atoms with E-state index in [-0.39, 0.29) is 13.2 Å². The number of nitrogens with zero attached hydrogens (tertiary/aromatic N) is 1. The molecule has 1 amide bonds. The van der Waals surface area contributed by atoms with Crippen molar-refractivity contribution in [2.75, 3.05) is 26.8 Å². The smallest absolute Gasteiger partial charge is 0.422 e. The molecule has 0 bridgehead atoms. The molecule has 0 heterocycles. The lowest BCUT2D eigenvalue weighted by molar-refractivity contribution is -0.162. The molecule has 1 aromatic rings. The third-order valence-electron chi connectivity index (χ3n) is 2.36. The molecule has 0 aromatic heterocycles. The van der Waals surface area contributed by atoms with Crippen molar-refractivity contribution in [2.45, 2.75) is 13.1 Å². The molecule has 0 aliphatic rings. The zero-order valence-corrected chi connectivity index (χ0v) is 11.2. The summed E-state index contributed by atoms with van der Waals surface area (Å²) in [4.78, 5) is 12.3. The van der Waals surface area contributed by atoms with Gasteiger partial charge in [-0.2, -0.15) is 13.2 Å². The maximum atomic E-state index is 11.9. The quantitative estimate of drug-likeness (QED) is 0.837. The number of amides is 1. The van der Waals surface area contributed by atoms with Gasteiger partial charge in [-0.25, -0.2) is 4.79 Å². The van der Waals surface area contributed by atoms with E-state index >= 15 is 0 Å². The van der Waals surface area contributed by atoms with Crippen LogP contribution in [0.15, 0.2) is 24.3 Å². The Morgan fingerprint density at radius 3 is 2.65 bits per heavy atom. The van der Waals surface area contributed by atoms with Crippen molar-refractivity contribution in [3.63, 3.8) is 0 Å². The van der Waals surface area contributed by atoms with Gasteiger partial charge in [0, 0.05) is 7.05 Å². The van der Waals surface area contributed by atoms with E-state index in [4.69, 9.17) is 4.74 Å². The van der Waals surface area contributed by atoms with Crippen molar-refractivity contribution in [3.05, 3.63) is 29.8 Å². The molecule has 0 fully saturated rings. The first kappa shape index (κ1) is 16.1. The Bertz CT molecular complexity index is 449. The minimum absolute atomic E-state index is 0.130. The number of aryl methyl sites for hydroxylation is 1. The van der Waals surface area contributed by atoms with E-state index in [1.165, 1.54) is 7.05 Å². The Morgan fingerprint density at radius 1 is 1.35 bits per heavy atom. The molecule has 0 spiro atoms. The Morgan fingerprint density at radius 2 is 2.05 bits per heavy atom. The number of ether oxygens (including phenoxy) is 2. The van der Waals surface area contributed by atoms with Crippen LogP contribution in [0.1, 0.15) is 5.56 Å². The van der Waals surface area contributed by atoms with Crippen molar-refractivity contribution < 1.29 is 27.4 Å². The van der Waals surface area contributed by atoms with Crippen LogP contribution in [-0.2, 0) is 4.74 Å². The molecule has 0 saturated heterocycles. The molecule has 0 aliphatic heterocycles. The summed E-state index contributed by atoms with van der Waals surface area (Å²) in [6.45, 7) is 0.619. The standard InChI is InChI=1S/C13H16F3NO3/c1-10-4-3-5-11(8-10)19-7-6-17(2)12(18)20-9-13(14,15)16/h3-5,8H,6-7,9H2,1-2H3. The molecule has 0 atom stereocenters. The second-order valence-electron chi connectivity index (χ2n) is 4.26. The van der Waals surface area contributed by atoms with Gasteiger partial charge in [0.15, 0.2) is 6.61 Å². The number of hydrogen-bond acceptors (Lipinski definition) is 3. The van der Waals surface area contributed by atoms with E-state index in [1.807, 2.05) is 25.1 Å². The summed E-state index contributed by atoms with van der Waals surface area (Å²) in [6.07, 6.45) is -5.55. The third kappa shape index (κ3) is 6.31. The van der Waals surface area contributed by atoms with Crippen LogP contribution in [0.3, 0.4) is 0 Å². The van der Waals surface area contributed by atoms with E-state index in [1.54, 1.807) is 6.07 Å². The fourth-order valence-corrected chi connectivity index (χ4v) is 1.35. The summed E-state index contributed by atoms with van der Waals surface area (Å²) >= 11 is 0. The SMILES string of the molecule is Cc1cccc(OCCN(C)C(=O)OCC(F)(F)F)c1. The third-order valence-corrected chi connectivity index (χ3v) is 2.36. The Balaban J connectivity index is 2.29. The van der Waals surface area contributed by atoms with Crippen molar-refractivity contribution >= 4 is 6.09 Å². The van der Waals surface area contributed by atoms with Gasteiger partial charge in [0.05, 0.1) is 6.54 Å². The summed E-state index contributed by atoms with van der Waals surface area (Å²) < 4.78 is 45.1. The molecular formula is C13H16F3NO3. The van der Waals surface area contributed by atoms with Crippen LogP contribution < -0.4 is 4.74 Å². The van der Waals surface area contributed by atoms with Crippen LogP contribution in [0.25, 0.3) is 0 Å². The molecule has 0 N–H and O–H groups in total. The van der Waals surface area contributed by atoms with Crippen molar-refractivity contribution in [1.29, 1.82) is 0 Å². The van der Waals surface area contributed by atoms with E-state index in [0.29, 0.717) is 5.75 Å². The molecule has 1 aromatic carbocycles. The first-order chi connectivity index (χ1) is 9.28. The fraction of sp³-hybridized carbons (Fsp3) is 0.462. The second kappa shape index (κ2) is 7.02. The number of hydrogen-bond donors (Lipinski definition) is 0. The molecule has 20 heavy (non-hydrogen) atoms. The van der Waals surface area contributed by atoms with Gasteiger partial charge in [0.25, 0.3) is 0 Å². The predicted octanol–water partition coefficient (Wildman–Crippen LogP) is 3.00. The first-order valence-electron chi connectivity index (χ1n) is 5.92. The molecule has 112 valence electrons. The van der Waals surface area contributed by atoms with Crippen molar-refractivity contribution in [3.8, 4) is 5.75 Å². The van der Waals surface area contributed by atoms with E-state index in [0.717, 1.165) is 10.5 Å². The normalized spacial score (nSPS) is 11.1. The molecular weight excluding hydrogens is 275 g/mol. The van der Waals surface area contributed by atoms with Gasteiger partial charge in [0.2, 0.25) is 0 Å². The Hall–Kier alpha value is -1.92. The highest BCUT2D eigenvalue weighted by Crippen LogP contribution is 2.15. The van der Waals surface area contributed by atoms with Crippen molar-refractivity contribution in [2.24, 2.45) is 0 Å². The number of halogens is 3. The number of alkyl halides is 3. The zero-order valence-electron chi connectivity index (χ0n) is 11.2. The van der Waals surface area contributed by atoms with Crippen molar-refractivity contribution in [1.82, 2.24) is 4.90 Å².